The largest absolute Gasteiger partial charge is 0.355 e. The zero-order chi connectivity index (χ0) is 24.3. The minimum Gasteiger partial charge on any atom is -0.355 e. The number of nitrogens with one attached hydrogen (secondary N) is 1. The second-order valence-corrected chi connectivity index (χ2v) is 9.76. The smallest absolute Gasteiger partial charge is 0.243 e. The average Bonchev–Trinajstić information content (AvgIpc) is 2.85. The van der Waals surface area contributed by atoms with Crippen LogP contribution in [0.25, 0.3) is 0 Å². The highest BCUT2D eigenvalue weighted by atomic mass is 35.5. The molecule has 178 valence electrons. The van der Waals surface area contributed by atoms with E-state index in [1.807, 2.05) is 73.7 Å². The van der Waals surface area contributed by atoms with Gasteiger partial charge in [-0.05, 0) is 42.3 Å². The fourth-order valence-electron chi connectivity index (χ4n) is 3.60. The average molecular weight is 516 g/mol. The molecule has 3 aromatic carbocycles. The summed E-state index contributed by atoms with van der Waals surface area (Å²) in [7, 11) is 0. The number of carbonyl (C=O) groups is 2. The summed E-state index contributed by atoms with van der Waals surface area (Å²) < 4.78 is 0. The molecule has 7 heteroatoms. The molecular formula is C27H28Cl2N2O2S. The highest BCUT2D eigenvalue weighted by molar-refractivity contribution is 7.99. The minimum atomic E-state index is -0.647. The van der Waals surface area contributed by atoms with Crippen LogP contribution in [0.5, 0.6) is 0 Å². The number of thioether (sulfide) groups is 1. The van der Waals surface area contributed by atoms with Gasteiger partial charge >= 0.3 is 0 Å². The van der Waals surface area contributed by atoms with Crippen LogP contribution in [-0.4, -0.2) is 35.1 Å². The van der Waals surface area contributed by atoms with Crippen molar-refractivity contribution in [2.24, 2.45) is 0 Å². The van der Waals surface area contributed by atoms with Crippen LogP contribution in [0, 0.1) is 0 Å². The lowest BCUT2D eigenvalue weighted by molar-refractivity contribution is -0.140. The van der Waals surface area contributed by atoms with Crippen molar-refractivity contribution in [3.63, 3.8) is 0 Å². The molecule has 0 saturated carbocycles. The van der Waals surface area contributed by atoms with Crippen molar-refractivity contribution in [2.75, 3.05) is 12.3 Å². The van der Waals surface area contributed by atoms with Gasteiger partial charge in [0.2, 0.25) is 11.8 Å². The Morgan fingerprint density at radius 3 is 2.24 bits per heavy atom. The standard InChI is InChI=1S/C27H28Cl2N2O2S/c1-2-30-27(33)25(18-20-9-5-3-6-10-20)31(19-21-13-14-23(28)24(29)17-21)26(32)15-16-34-22-11-7-4-8-12-22/h3-14,17,25H,2,15-16,18-19H2,1H3,(H,30,33)/t25-/m1/s1. The van der Waals surface area contributed by atoms with Gasteiger partial charge < -0.3 is 10.2 Å². The molecule has 4 nitrogen and oxygen atoms in total. The van der Waals surface area contributed by atoms with Crippen LogP contribution >= 0.6 is 35.0 Å². The Hall–Kier alpha value is -2.47. The number of hydrogen-bond donors (Lipinski definition) is 1. The third kappa shape index (κ3) is 7.79. The Morgan fingerprint density at radius 2 is 1.59 bits per heavy atom. The maximum atomic E-state index is 13.5. The molecular weight excluding hydrogens is 487 g/mol. The highest BCUT2D eigenvalue weighted by Gasteiger charge is 2.30. The number of hydrogen-bond acceptors (Lipinski definition) is 3. The summed E-state index contributed by atoms with van der Waals surface area (Å²) in [6.45, 7) is 2.63. The van der Waals surface area contributed by atoms with Crippen molar-refractivity contribution in [1.29, 1.82) is 0 Å². The zero-order valence-electron chi connectivity index (χ0n) is 19.0. The van der Waals surface area contributed by atoms with Gasteiger partial charge in [-0.25, -0.2) is 0 Å². The summed E-state index contributed by atoms with van der Waals surface area (Å²) in [6, 6.07) is 24.4. The molecule has 0 spiro atoms. The van der Waals surface area contributed by atoms with Crippen LogP contribution in [-0.2, 0) is 22.6 Å². The first-order chi connectivity index (χ1) is 16.5. The molecule has 0 unspecified atom stereocenters. The van der Waals surface area contributed by atoms with Gasteiger partial charge in [0.05, 0.1) is 10.0 Å². The predicted octanol–water partition coefficient (Wildman–Crippen LogP) is 6.25. The Bertz CT molecular complexity index is 1080. The van der Waals surface area contributed by atoms with E-state index in [0.717, 1.165) is 16.0 Å². The number of carbonyl (C=O) groups excluding carboxylic acids is 2. The van der Waals surface area contributed by atoms with Gasteiger partial charge in [0.1, 0.15) is 6.04 Å². The Labute approximate surface area is 215 Å². The van der Waals surface area contributed by atoms with Crippen molar-refractivity contribution in [2.45, 2.75) is 37.2 Å². The van der Waals surface area contributed by atoms with Crippen LogP contribution in [0.15, 0.2) is 83.8 Å². The fraction of sp³-hybridized carbons (Fsp3) is 0.259. The Morgan fingerprint density at radius 1 is 0.912 bits per heavy atom. The quantitative estimate of drug-likeness (QED) is 0.307. The summed E-state index contributed by atoms with van der Waals surface area (Å²) in [5, 5.41) is 3.78. The predicted molar refractivity (Wildman–Crippen MR) is 141 cm³/mol. The molecule has 3 rings (SSSR count). The van der Waals surface area contributed by atoms with Crippen LogP contribution in [0.3, 0.4) is 0 Å². The molecule has 3 aromatic rings. The van der Waals surface area contributed by atoms with Crippen molar-refractivity contribution in [3.05, 3.63) is 100 Å². The number of nitrogens with zero attached hydrogens (tertiary/aromatic N) is 1. The minimum absolute atomic E-state index is 0.0818. The molecule has 0 aliphatic carbocycles. The van der Waals surface area contributed by atoms with Crippen LogP contribution < -0.4 is 5.32 Å². The second-order valence-electron chi connectivity index (χ2n) is 7.78. The van der Waals surface area contributed by atoms with Crippen LogP contribution in [0.1, 0.15) is 24.5 Å². The first kappa shape index (κ1) is 26.1. The van der Waals surface area contributed by atoms with Gasteiger partial charge in [0.15, 0.2) is 0 Å². The van der Waals surface area contributed by atoms with Crippen molar-refractivity contribution >= 4 is 46.8 Å². The number of rotatable bonds is 11. The molecule has 0 aromatic heterocycles. The molecule has 0 bridgehead atoms. The van der Waals surface area contributed by atoms with E-state index in [-0.39, 0.29) is 18.4 Å². The van der Waals surface area contributed by atoms with Crippen molar-refractivity contribution in [1.82, 2.24) is 10.2 Å². The van der Waals surface area contributed by atoms with Crippen molar-refractivity contribution in [3.8, 4) is 0 Å². The van der Waals surface area contributed by atoms with Crippen molar-refractivity contribution < 1.29 is 9.59 Å². The van der Waals surface area contributed by atoms with E-state index in [2.05, 4.69) is 5.32 Å². The van der Waals surface area contributed by atoms with E-state index in [9.17, 15) is 9.59 Å². The van der Waals surface area contributed by atoms with Gasteiger partial charge in [0.25, 0.3) is 0 Å². The van der Waals surface area contributed by atoms with Gasteiger partial charge in [0, 0.05) is 36.6 Å². The van der Waals surface area contributed by atoms with E-state index in [1.165, 1.54) is 0 Å². The second kappa shape index (κ2) is 13.4. The third-order valence-electron chi connectivity index (χ3n) is 5.29. The normalized spacial score (nSPS) is 11.6. The summed E-state index contributed by atoms with van der Waals surface area (Å²) in [5.74, 6) is 0.367. The Kier molecular flexibility index (Phi) is 10.3. The summed E-state index contributed by atoms with van der Waals surface area (Å²) >= 11 is 13.9. The van der Waals surface area contributed by atoms with E-state index in [4.69, 9.17) is 23.2 Å². The molecule has 0 fully saturated rings. The maximum absolute atomic E-state index is 13.5. The van der Waals surface area contributed by atoms with E-state index in [0.29, 0.717) is 35.2 Å². The van der Waals surface area contributed by atoms with Crippen LogP contribution in [0.4, 0.5) is 0 Å². The number of amides is 2. The van der Waals surface area contributed by atoms with Gasteiger partial charge in [-0.15, -0.1) is 11.8 Å². The maximum Gasteiger partial charge on any atom is 0.243 e. The monoisotopic (exact) mass is 514 g/mol. The number of benzene rings is 3. The topological polar surface area (TPSA) is 49.4 Å². The summed E-state index contributed by atoms with van der Waals surface area (Å²) in [6.07, 6.45) is 0.733. The first-order valence-corrected chi connectivity index (χ1v) is 12.9. The number of halogens is 2. The van der Waals surface area contributed by atoms with Gasteiger partial charge in [-0.3, -0.25) is 9.59 Å². The molecule has 2 amide bonds. The fourth-order valence-corrected chi connectivity index (χ4v) is 4.78. The van der Waals surface area contributed by atoms with Crippen LogP contribution in [0.2, 0.25) is 10.0 Å². The lowest BCUT2D eigenvalue weighted by Gasteiger charge is -2.31. The van der Waals surface area contributed by atoms with E-state index in [1.54, 1.807) is 28.8 Å². The molecule has 0 aliphatic heterocycles. The molecule has 0 saturated heterocycles. The third-order valence-corrected chi connectivity index (χ3v) is 7.04. The molecule has 1 atom stereocenters. The lowest BCUT2D eigenvalue weighted by atomic mass is 10.0. The summed E-state index contributed by atoms with van der Waals surface area (Å²) in [5.41, 5.74) is 1.81. The molecule has 1 N–H and O–H groups in total. The number of likely N-dealkylation sites (N-methyl/N-ethyl adjacent to an activating group) is 1. The molecule has 0 aliphatic rings. The Balaban J connectivity index is 1.85. The SMILES string of the molecule is CCNC(=O)[C@@H](Cc1ccccc1)N(Cc1ccc(Cl)c(Cl)c1)C(=O)CCSc1ccccc1. The lowest BCUT2D eigenvalue weighted by Crippen LogP contribution is -2.50. The molecule has 0 heterocycles. The molecule has 0 radical (unpaired) electrons. The van der Waals surface area contributed by atoms with E-state index >= 15 is 0 Å². The van der Waals surface area contributed by atoms with Gasteiger partial charge in [-0.2, -0.15) is 0 Å². The molecule has 34 heavy (non-hydrogen) atoms. The highest BCUT2D eigenvalue weighted by Crippen LogP contribution is 2.25. The summed E-state index contributed by atoms with van der Waals surface area (Å²) in [4.78, 5) is 29.4. The van der Waals surface area contributed by atoms with E-state index < -0.39 is 6.04 Å². The van der Waals surface area contributed by atoms with Gasteiger partial charge in [-0.1, -0.05) is 77.8 Å². The first-order valence-electron chi connectivity index (χ1n) is 11.2. The zero-order valence-corrected chi connectivity index (χ0v) is 21.4.